The monoisotopic (exact) mass is 361 g/mol. The zero-order chi connectivity index (χ0) is 19.2. The fourth-order valence-electron chi connectivity index (χ4n) is 3.63. The van der Waals surface area contributed by atoms with E-state index in [0.29, 0.717) is 12.3 Å². The molecule has 1 aromatic rings. The van der Waals surface area contributed by atoms with E-state index in [1.54, 1.807) is 0 Å². The van der Waals surface area contributed by atoms with Crippen LogP contribution in [0.5, 0.6) is 0 Å². The van der Waals surface area contributed by atoms with E-state index in [4.69, 9.17) is 4.74 Å². The molecule has 0 heterocycles. The van der Waals surface area contributed by atoms with E-state index >= 15 is 0 Å². The number of benzene rings is 1. The van der Waals surface area contributed by atoms with Crippen LogP contribution in [0.2, 0.25) is 0 Å². The largest absolute Gasteiger partial charge is 0.480 e. The van der Waals surface area contributed by atoms with Gasteiger partial charge in [0.15, 0.2) is 0 Å². The molecule has 0 spiro atoms. The average molecular weight is 361 g/mol. The number of alkyl carbamates (subject to hydrolysis) is 1. The van der Waals surface area contributed by atoms with Crippen LogP contribution >= 0.6 is 0 Å². The summed E-state index contributed by atoms with van der Waals surface area (Å²) < 4.78 is 5.66. The molecule has 0 saturated heterocycles. The topological polar surface area (TPSA) is 75.6 Å². The summed E-state index contributed by atoms with van der Waals surface area (Å²) in [6.45, 7) is 5.98. The summed E-state index contributed by atoms with van der Waals surface area (Å²) in [5.41, 5.74) is 0.593. The minimum absolute atomic E-state index is 0.305. The number of ether oxygens (including phenoxy) is 1. The van der Waals surface area contributed by atoms with Crippen molar-refractivity contribution in [3.8, 4) is 0 Å². The fourth-order valence-corrected chi connectivity index (χ4v) is 3.63. The normalized spacial score (nSPS) is 18.0. The highest BCUT2D eigenvalue weighted by Crippen LogP contribution is 2.36. The molecule has 0 aliphatic heterocycles. The van der Waals surface area contributed by atoms with Gasteiger partial charge in [0.2, 0.25) is 0 Å². The summed E-state index contributed by atoms with van der Waals surface area (Å²) in [5.74, 6) is -0.641. The molecule has 5 heteroatoms. The first-order valence-corrected chi connectivity index (χ1v) is 9.52. The number of hydrogen-bond donors (Lipinski definition) is 2. The van der Waals surface area contributed by atoms with Crippen LogP contribution in [-0.2, 0) is 9.53 Å². The van der Waals surface area contributed by atoms with Crippen LogP contribution < -0.4 is 5.32 Å². The van der Waals surface area contributed by atoms with Crippen LogP contribution in [0, 0.1) is 11.3 Å². The second-order valence-corrected chi connectivity index (χ2v) is 8.34. The minimum Gasteiger partial charge on any atom is -0.480 e. The van der Waals surface area contributed by atoms with Crippen molar-refractivity contribution in [1.29, 1.82) is 0 Å². The first-order chi connectivity index (χ1) is 12.3. The molecule has 0 bridgehead atoms. The molecule has 144 valence electrons. The lowest BCUT2D eigenvalue weighted by Gasteiger charge is -2.31. The highest BCUT2D eigenvalue weighted by atomic mass is 16.6. The number of aliphatic carboxylic acids is 1. The molecule has 1 saturated carbocycles. The predicted octanol–water partition coefficient (Wildman–Crippen LogP) is 4.92. The van der Waals surface area contributed by atoms with Gasteiger partial charge in [-0.2, -0.15) is 0 Å². The van der Waals surface area contributed by atoms with Gasteiger partial charge in [0.1, 0.15) is 12.1 Å². The Morgan fingerprint density at radius 1 is 1.15 bits per heavy atom. The molecule has 0 aromatic heterocycles. The summed E-state index contributed by atoms with van der Waals surface area (Å²) in [5, 5.41) is 12.1. The molecule has 1 amide bonds. The minimum atomic E-state index is -1.00. The van der Waals surface area contributed by atoms with Gasteiger partial charge in [-0.15, -0.1) is 0 Å². The summed E-state index contributed by atoms with van der Waals surface area (Å²) in [6.07, 6.45) is 4.92. The molecule has 2 atom stereocenters. The van der Waals surface area contributed by atoms with Gasteiger partial charge in [-0.3, -0.25) is 0 Å². The van der Waals surface area contributed by atoms with Crippen LogP contribution in [0.4, 0.5) is 4.79 Å². The lowest BCUT2D eigenvalue weighted by atomic mass is 9.84. The lowest BCUT2D eigenvalue weighted by Crippen LogP contribution is -2.43. The van der Waals surface area contributed by atoms with E-state index in [1.807, 2.05) is 51.1 Å². The van der Waals surface area contributed by atoms with Gasteiger partial charge in [-0.1, -0.05) is 83.2 Å². The van der Waals surface area contributed by atoms with Gasteiger partial charge in [0.05, 0.1) is 0 Å². The standard InChI is InChI=1S/C21H31NO4/c1-21(2,3)18(16-12-8-5-9-13-16)26-20(25)22-17(19(23)24)14-15-10-6-4-7-11-15/h5,8-9,12-13,15,17-18H,4,6-7,10-11,14H2,1-3H3,(H,22,25)(H,23,24). The summed E-state index contributed by atoms with van der Waals surface area (Å²) in [6, 6.07) is 8.65. The molecule has 5 nitrogen and oxygen atoms in total. The molecule has 1 aliphatic carbocycles. The average Bonchev–Trinajstić information content (AvgIpc) is 2.59. The van der Waals surface area contributed by atoms with E-state index in [0.717, 1.165) is 31.2 Å². The maximum absolute atomic E-state index is 12.4. The molecular weight excluding hydrogens is 330 g/mol. The van der Waals surface area contributed by atoms with Gasteiger partial charge >= 0.3 is 12.1 Å². The van der Waals surface area contributed by atoms with Crippen LogP contribution in [0.1, 0.15) is 71.0 Å². The number of carboxylic acid groups (broad SMARTS) is 1. The number of nitrogens with one attached hydrogen (secondary N) is 1. The van der Waals surface area contributed by atoms with Gasteiger partial charge in [-0.25, -0.2) is 9.59 Å². The molecule has 2 rings (SSSR count). The van der Waals surface area contributed by atoms with Crippen molar-refractivity contribution in [1.82, 2.24) is 5.32 Å². The maximum Gasteiger partial charge on any atom is 0.408 e. The third-order valence-electron chi connectivity index (χ3n) is 5.00. The third kappa shape index (κ3) is 6.04. The smallest absolute Gasteiger partial charge is 0.408 e. The highest BCUT2D eigenvalue weighted by Gasteiger charge is 2.32. The second kappa shape index (κ2) is 9.06. The summed E-state index contributed by atoms with van der Waals surface area (Å²) in [4.78, 5) is 24.0. The first kappa shape index (κ1) is 20.3. The van der Waals surface area contributed by atoms with Gasteiger partial charge < -0.3 is 15.2 Å². The van der Waals surface area contributed by atoms with Crippen molar-refractivity contribution < 1.29 is 19.4 Å². The molecule has 1 aromatic carbocycles. The van der Waals surface area contributed by atoms with Gasteiger partial charge in [0, 0.05) is 5.41 Å². The van der Waals surface area contributed by atoms with Gasteiger partial charge in [0.25, 0.3) is 0 Å². The van der Waals surface area contributed by atoms with Crippen molar-refractivity contribution >= 4 is 12.1 Å². The lowest BCUT2D eigenvalue weighted by molar-refractivity contribution is -0.140. The van der Waals surface area contributed by atoms with Crippen molar-refractivity contribution in [3.63, 3.8) is 0 Å². The Hall–Kier alpha value is -2.04. The second-order valence-electron chi connectivity index (χ2n) is 8.34. The molecule has 2 unspecified atom stereocenters. The Morgan fingerprint density at radius 2 is 1.77 bits per heavy atom. The number of hydrogen-bond acceptors (Lipinski definition) is 3. The van der Waals surface area contributed by atoms with Gasteiger partial charge in [-0.05, 0) is 17.9 Å². The summed E-state index contributed by atoms with van der Waals surface area (Å²) in [7, 11) is 0. The fraction of sp³-hybridized carbons (Fsp3) is 0.619. The van der Waals surface area contributed by atoms with Crippen molar-refractivity contribution in [3.05, 3.63) is 35.9 Å². The maximum atomic E-state index is 12.4. The SMILES string of the molecule is CC(C)(C)C(OC(=O)NC(CC1CCCCC1)C(=O)O)c1ccccc1. The summed E-state index contributed by atoms with van der Waals surface area (Å²) >= 11 is 0. The van der Waals surface area contributed by atoms with E-state index in [2.05, 4.69) is 5.32 Å². The number of carboxylic acids is 1. The van der Waals surface area contributed by atoms with E-state index in [1.165, 1.54) is 6.42 Å². The van der Waals surface area contributed by atoms with Crippen molar-refractivity contribution in [2.24, 2.45) is 11.3 Å². The highest BCUT2D eigenvalue weighted by molar-refractivity contribution is 5.80. The third-order valence-corrected chi connectivity index (χ3v) is 5.00. The Morgan fingerprint density at radius 3 is 2.31 bits per heavy atom. The first-order valence-electron chi connectivity index (χ1n) is 9.52. The molecule has 1 fully saturated rings. The van der Waals surface area contributed by atoms with E-state index < -0.39 is 24.2 Å². The molecule has 0 radical (unpaired) electrons. The Bertz CT molecular complexity index is 588. The predicted molar refractivity (Wildman–Crippen MR) is 101 cm³/mol. The number of rotatable bonds is 6. The van der Waals surface area contributed by atoms with Crippen molar-refractivity contribution in [2.75, 3.05) is 0 Å². The Labute approximate surface area is 156 Å². The zero-order valence-electron chi connectivity index (χ0n) is 16.0. The number of amides is 1. The zero-order valence-corrected chi connectivity index (χ0v) is 16.0. The quantitative estimate of drug-likeness (QED) is 0.754. The van der Waals surface area contributed by atoms with E-state index in [-0.39, 0.29) is 5.41 Å². The Balaban J connectivity index is 2.01. The molecular formula is C21H31NO4. The van der Waals surface area contributed by atoms with Crippen LogP contribution in [-0.4, -0.2) is 23.2 Å². The molecule has 26 heavy (non-hydrogen) atoms. The van der Waals surface area contributed by atoms with Crippen LogP contribution in [0.15, 0.2) is 30.3 Å². The number of carbonyl (C=O) groups is 2. The van der Waals surface area contributed by atoms with Crippen LogP contribution in [0.3, 0.4) is 0 Å². The van der Waals surface area contributed by atoms with Crippen LogP contribution in [0.25, 0.3) is 0 Å². The van der Waals surface area contributed by atoms with E-state index in [9.17, 15) is 14.7 Å². The molecule has 1 aliphatic rings. The van der Waals surface area contributed by atoms with Crippen molar-refractivity contribution in [2.45, 2.75) is 71.4 Å². The Kier molecular flexibility index (Phi) is 7.06. The molecule has 2 N–H and O–H groups in total. The number of carbonyl (C=O) groups excluding carboxylic acids is 1.